The number of hydrogen-bond acceptors (Lipinski definition) is 4. The standard InChI is InChI=1S/C13H13N3O3/c14-13(15)16-7-9(17)5-8-6-12(18)19-11-4-2-1-3-10(8)11/h1-4,6H,5,7H2,(H4,14,15,16). The lowest BCUT2D eigenvalue weighted by atomic mass is 10.0. The lowest BCUT2D eigenvalue weighted by Crippen LogP contribution is -2.35. The molecule has 1 heterocycles. The van der Waals surface area contributed by atoms with Gasteiger partial charge < -0.3 is 15.5 Å². The van der Waals surface area contributed by atoms with Gasteiger partial charge in [0.2, 0.25) is 0 Å². The minimum atomic E-state index is -0.485. The molecule has 4 N–H and O–H groups in total. The third-order valence-electron chi connectivity index (χ3n) is 2.60. The molecule has 0 radical (unpaired) electrons. The van der Waals surface area contributed by atoms with Crippen molar-refractivity contribution in [3.05, 3.63) is 46.3 Å². The summed E-state index contributed by atoms with van der Waals surface area (Å²) in [6, 6.07) is 8.35. The largest absolute Gasteiger partial charge is 0.423 e. The average Bonchev–Trinajstić information content (AvgIpc) is 2.36. The lowest BCUT2D eigenvalue weighted by Gasteiger charge is -2.05. The number of para-hydroxylation sites is 1. The van der Waals surface area contributed by atoms with Crippen molar-refractivity contribution >= 4 is 22.7 Å². The maximum absolute atomic E-state index is 11.7. The lowest BCUT2D eigenvalue weighted by molar-refractivity contribution is -0.117. The van der Waals surface area contributed by atoms with Crippen LogP contribution in [0.3, 0.4) is 0 Å². The molecule has 1 aromatic heterocycles. The molecule has 2 rings (SSSR count). The van der Waals surface area contributed by atoms with E-state index in [0.29, 0.717) is 11.1 Å². The van der Waals surface area contributed by atoms with E-state index in [1.54, 1.807) is 18.2 Å². The summed E-state index contributed by atoms with van der Waals surface area (Å²) in [6.07, 6.45) is 0.0897. The van der Waals surface area contributed by atoms with Crippen LogP contribution in [0.2, 0.25) is 0 Å². The second-order valence-electron chi connectivity index (χ2n) is 4.07. The van der Waals surface area contributed by atoms with Crippen molar-refractivity contribution < 1.29 is 9.21 Å². The predicted molar refractivity (Wildman–Crippen MR) is 71.1 cm³/mol. The maximum Gasteiger partial charge on any atom is 0.336 e. The van der Waals surface area contributed by atoms with Crippen molar-refractivity contribution in [3.63, 3.8) is 0 Å². The van der Waals surface area contributed by atoms with E-state index in [2.05, 4.69) is 5.32 Å². The number of carbonyl (C=O) groups excluding carboxylic acids is 1. The number of nitrogens with one attached hydrogen (secondary N) is 2. The van der Waals surface area contributed by atoms with Crippen molar-refractivity contribution in [1.29, 1.82) is 5.41 Å². The smallest absolute Gasteiger partial charge is 0.336 e. The second-order valence-corrected chi connectivity index (χ2v) is 4.07. The van der Waals surface area contributed by atoms with E-state index in [9.17, 15) is 9.59 Å². The van der Waals surface area contributed by atoms with E-state index >= 15 is 0 Å². The Morgan fingerprint density at radius 1 is 1.37 bits per heavy atom. The van der Waals surface area contributed by atoms with E-state index < -0.39 is 5.63 Å². The maximum atomic E-state index is 11.7. The van der Waals surface area contributed by atoms with Gasteiger partial charge in [0.15, 0.2) is 11.7 Å². The quantitative estimate of drug-likeness (QED) is 0.418. The Bertz CT molecular complexity index is 691. The molecule has 0 atom stereocenters. The third-order valence-corrected chi connectivity index (χ3v) is 2.60. The summed E-state index contributed by atoms with van der Waals surface area (Å²) >= 11 is 0. The zero-order valence-corrected chi connectivity index (χ0v) is 10.1. The summed E-state index contributed by atoms with van der Waals surface area (Å²) < 4.78 is 5.05. The highest BCUT2D eigenvalue weighted by Gasteiger charge is 2.09. The Balaban J connectivity index is 2.27. The highest BCUT2D eigenvalue weighted by molar-refractivity contribution is 5.90. The monoisotopic (exact) mass is 259 g/mol. The van der Waals surface area contributed by atoms with Crippen LogP contribution in [0.1, 0.15) is 5.56 Å². The Kier molecular flexibility index (Phi) is 3.61. The van der Waals surface area contributed by atoms with Gasteiger partial charge >= 0.3 is 5.63 Å². The predicted octanol–water partition coefficient (Wildman–Crippen LogP) is 0.388. The molecule has 0 saturated heterocycles. The van der Waals surface area contributed by atoms with Crippen LogP contribution in [0.25, 0.3) is 11.0 Å². The summed E-state index contributed by atoms with van der Waals surface area (Å²) in [7, 11) is 0. The fraction of sp³-hybridized carbons (Fsp3) is 0.154. The van der Waals surface area contributed by atoms with Gasteiger partial charge in [-0.25, -0.2) is 4.79 Å². The van der Waals surface area contributed by atoms with Gasteiger partial charge in [-0.3, -0.25) is 10.2 Å². The van der Waals surface area contributed by atoms with Crippen LogP contribution in [-0.2, 0) is 11.2 Å². The molecule has 19 heavy (non-hydrogen) atoms. The summed E-state index contributed by atoms with van der Waals surface area (Å²) in [4.78, 5) is 23.1. The SMILES string of the molecule is N=C(N)NCC(=O)Cc1cc(=O)oc2ccccc12. The normalized spacial score (nSPS) is 10.3. The van der Waals surface area contributed by atoms with Crippen molar-refractivity contribution in [2.75, 3.05) is 6.54 Å². The molecule has 6 nitrogen and oxygen atoms in total. The van der Waals surface area contributed by atoms with Crippen LogP contribution >= 0.6 is 0 Å². The second kappa shape index (κ2) is 5.34. The van der Waals surface area contributed by atoms with Crippen LogP contribution in [0, 0.1) is 5.41 Å². The van der Waals surface area contributed by atoms with Gasteiger partial charge in [0.25, 0.3) is 0 Å². The first kappa shape index (κ1) is 12.8. The first-order valence-electron chi connectivity index (χ1n) is 5.67. The molecule has 0 bridgehead atoms. The fourth-order valence-electron chi connectivity index (χ4n) is 1.79. The number of fused-ring (bicyclic) bond motifs is 1. The number of Topliss-reactive ketones (excluding diaryl/α,β-unsaturated/α-hetero) is 1. The molecule has 1 aromatic carbocycles. The number of rotatable bonds is 4. The van der Waals surface area contributed by atoms with E-state index in [0.717, 1.165) is 5.39 Å². The highest BCUT2D eigenvalue weighted by Crippen LogP contribution is 2.16. The average molecular weight is 259 g/mol. The summed E-state index contributed by atoms with van der Waals surface area (Å²) in [5.74, 6) is -0.420. The Morgan fingerprint density at radius 2 is 2.11 bits per heavy atom. The molecule has 0 aliphatic rings. The molecular weight excluding hydrogens is 246 g/mol. The topological polar surface area (TPSA) is 109 Å². The molecule has 0 aliphatic carbocycles. The van der Waals surface area contributed by atoms with Gasteiger partial charge in [-0.05, 0) is 11.6 Å². The van der Waals surface area contributed by atoms with Crippen LogP contribution in [0.15, 0.2) is 39.5 Å². The first-order valence-corrected chi connectivity index (χ1v) is 5.67. The van der Waals surface area contributed by atoms with Gasteiger partial charge in [0.05, 0.1) is 6.54 Å². The van der Waals surface area contributed by atoms with Gasteiger partial charge in [-0.2, -0.15) is 0 Å². The van der Waals surface area contributed by atoms with Gasteiger partial charge in [-0.1, -0.05) is 18.2 Å². The van der Waals surface area contributed by atoms with Gasteiger partial charge in [0.1, 0.15) is 5.58 Å². The Labute approximate surface area is 108 Å². The Hall–Kier alpha value is -2.63. The van der Waals surface area contributed by atoms with Crippen molar-refractivity contribution in [3.8, 4) is 0 Å². The van der Waals surface area contributed by atoms with Crippen LogP contribution in [0.4, 0.5) is 0 Å². The van der Waals surface area contributed by atoms with E-state index in [4.69, 9.17) is 15.6 Å². The summed E-state index contributed by atoms with van der Waals surface area (Å²) in [6.45, 7) is -0.0378. The van der Waals surface area contributed by atoms with E-state index in [1.165, 1.54) is 6.07 Å². The summed E-state index contributed by atoms with van der Waals surface area (Å²) in [5.41, 5.74) is 5.69. The third kappa shape index (κ3) is 3.19. The van der Waals surface area contributed by atoms with Crippen LogP contribution < -0.4 is 16.7 Å². The van der Waals surface area contributed by atoms with Crippen molar-refractivity contribution in [2.45, 2.75) is 6.42 Å². The molecule has 0 unspecified atom stereocenters. The van der Waals surface area contributed by atoms with Crippen molar-refractivity contribution in [2.24, 2.45) is 5.73 Å². The molecule has 0 fully saturated rings. The highest BCUT2D eigenvalue weighted by atomic mass is 16.4. The van der Waals surface area contributed by atoms with Gasteiger partial charge in [0, 0.05) is 17.9 Å². The van der Waals surface area contributed by atoms with Crippen LogP contribution in [-0.4, -0.2) is 18.3 Å². The Morgan fingerprint density at radius 3 is 2.84 bits per heavy atom. The van der Waals surface area contributed by atoms with E-state index in [1.807, 2.05) is 6.07 Å². The zero-order chi connectivity index (χ0) is 13.8. The fourth-order valence-corrected chi connectivity index (χ4v) is 1.79. The zero-order valence-electron chi connectivity index (χ0n) is 10.1. The number of ketones is 1. The van der Waals surface area contributed by atoms with Gasteiger partial charge in [-0.15, -0.1) is 0 Å². The molecular formula is C13H13N3O3. The van der Waals surface area contributed by atoms with Crippen LogP contribution in [0.5, 0.6) is 0 Å². The molecule has 2 aromatic rings. The molecule has 0 spiro atoms. The molecule has 0 amide bonds. The first-order chi connectivity index (χ1) is 9.06. The van der Waals surface area contributed by atoms with E-state index in [-0.39, 0.29) is 24.7 Å². The number of benzene rings is 1. The molecule has 6 heteroatoms. The van der Waals surface area contributed by atoms with Crippen molar-refractivity contribution in [1.82, 2.24) is 5.32 Å². The number of nitrogens with two attached hydrogens (primary N) is 1. The number of guanidine groups is 1. The minimum absolute atomic E-state index is 0.0378. The number of hydrogen-bond donors (Lipinski definition) is 3. The molecule has 98 valence electrons. The molecule has 0 saturated carbocycles. The number of carbonyl (C=O) groups is 1. The summed E-state index contributed by atoms with van der Waals surface area (Å²) in [5, 5.41) is 10.2. The minimum Gasteiger partial charge on any atom is -0.423 e. The molecule has 0 aliphatic heterocycles.